The van der Waals surface area contributed by atoms with E-state index in [1.54, 1.807) is 19.4 Å². The van der Waals surface area contributed by atoms with Crippen LogP contribution in [0.3, 0.4) is 0 Å². The van der Waals surface area contributed by atoms with E-state index in [1.807, 2.05) is 41.8 Å². The van der Waals surface area contributed by atoms with Crippen LogP contribution in [0.25, 0.3) is 0 Å². The lowest BCUT2D eigenvalue weighted by atomic mass is 9.95. The summed E-state index contributed by atoms with van der Waals surface area (Å²) in [5.41, 5.74) is 1.37. The van der Waals surface area contributed by atoms with Gasteiger partial charge in [0.15, 0.2) is 0 Å². The van der Waals surface area contributed by atoms with E-state index in [4.69, 9.17) is 4.74 Å². The van der Waals surface area contributed by atoms with Crippen molar-refractivity contribution >= 4 is 5.91 Å². The lowest BCUT2D eigenvalue weighted by Gasteiger charge is -2.35. The van der Waals surface area contributed by atoms with Crippen LogP contribution in [-0.4, -0.2) is 65.4 Å². The Morgan fingerprint density at radius 2 is 2.03 bits per heavy atom. The van der Waals surface area contributed by atoms with E-state index < -0.39 is 0 Å². The first-order chi connectivity index (χ1) is 14.5. The van der Waals surface area contributed by atoms with Crippen LogP contribution in [0.1, 0.15) is 48.7 Å². The van der Waals surface area contributed by atoms with E-state index in [0.29, 0.717) is 37.7 Å². The minimum Gasteiger partial charge on any atom is -0.383 e. The van der Waals surface area contributed by atoms with Gasteiger partial charge in [0.2, 0.25) is 0 Å². The van der Waals surface area contributed by atoms with Crippen molar-refractivity contribution in [1.82, 2.24) is 19.6 Å². The first kappa shape index (κ1) is 22.4. The second-order valence-electron chi connectivity index (χ2n) is 8.36. The fourth-order valence-electron chi connectivity index (χ4n) is 3.90. The van der Waals surface area contributed by atoms with Crippen molar-refractivity contribution in [3.63, 3.8) is 0 Å². The molecule has 0 radical (unpaired) electrons. The summed E-state index contributed by atoms with van der Waals surface area (Å²) in [6.45, 7) is 8.34. The van der Waals surface area contributed by atoms with Crippen molar-refractivity contribution in [3.8, 4) is 0 Å². The molecule has 0 N–H and O–H groups in total. The van der Waals surface area contributed by atoms with E-state index in [2.05, 4.69) is 10.00 Å². The van der Waals surface area contributed by atoms with Crippen molar-refractivity contribution < 1.29 is 13.9 Å². The highest BCUT2D eigenvalue weighted by atomic mass is 19.1. The number of piperidine rings is 1. The largest absolute Gasteiger partial charge is 0.383 e. The van der Waals surface area contributed by atoms with E-state index in [0.717, 1.165) is 31.5 Å². The molecule has 1 fully saturated rings. The molecule has 1 saturated heterocycles. The SMILES string of the molecule is COCCN(CC1CCN(Cc2ccccc2F)CC1)C(=O)c1cnn(C(C)C)c1. The summed E-state index contributed by atoms with van der Waals surface area (Å²) >= 11 is 0. The number of hydrogen-bond donors (Lipinski definition) is 0. The standard InChI is InChI=1S/C23H33FN4O2/c1-18(2)28-17-21(14-25-28)23(29)27(12-13-30-3)15-19-8-10-26(11-9-19)16-20-6-4-5-7-22(20)24/h4-7,14,17-19H,8-13,15-16H2,1-3H3. The lowest BCUT2D eigenvalue weighted by molar-refractivity contribution is 0.0617. The van der Waals surface area contributed by atoms with Crippen LogP contribution >= 0.6 is 0 Å². The van der Waals surface area contributed by atoms with Crippen LogP contribution in [0.2, 0.25) is 0 Å². The van der Waals surface area contributed by atoms with Crippen LogP contribution in [0.5, 0.6) is 0 Å². The van der Waals surface area contributed by atoms with Crippen LogP contribution in [0.15, 0.2) is 36.7 Å². The summed E-state index contributed by atoms with van der Waals surface area (Å²) in [6, 6.07) is 7.19. The zero-order valence-corrected chi connectivity index (χ0v) is 18.3. The Bertz CT molecular complexity index is 815. The number of methoxy groups -OCH3 is 1. The summed E-state index contributed by atoms with van der Waals surface area (Å²) in [4.78, 5) is 17.3. The molecule has 1 aromatic carbocycles. The van der Waals surface area contributed by atoms with Gasteiger partial charge >= 0.3 is 0 Å². The maximum absolute atomic E-state index is 13.9. The summed E-state index contributed by atoms with van der Waals surface area (Å²) in [5, 5.41) is 4.30. The molecule has 2 heterocycles. The molecule has 7 heteroatoms. The summed E-state index contributed by atoms with van der Waals surface area (Å²) in [6.07, 6.45) is 5.47. The predicted molar refractivity (Wildman–Crippen MR) is 115 cm³/mol. The molecule has 1 amide bonds. The van der Waals surface area contributed by atoms with Gasteiger partial charge < -0.3 is 9.64 Å². The Balaban J connectivity index is 1.56. The fourth-order valence-corrected chi connectivity index (χ4v) is 3.90. The van der Waals surface area contributed by atoms with Gasteiger partial charge in [-0.05, 0) is 51.8 Å². The first-order valence-corrected chi connectivity index (χ1v) is 10.8. The van der Waals surface area contributed by atoms with Gasteiger partial charge in [-0.2, -0.15) is 5.10 Å². The Morgan fingerprint density at radius 1 is 1.30 bits per heavy atom. The Labute approximate surface area is 178 Å². The number of carbonyl (C=O) groups is 1. The molecule has 164 valence electrons. The zero-order valence-electron chi connectivity index (χ0n) is 18.3. The molecule has 1 aliphatic heterocycles. The van der Waals surface area contributed by atoms with Gasteiger partial charge in [0.1, 0.15) is 5.82 Å². The summed E-state index contributed by atoms with van der Waals surface area (Å²) in [5.74, 6) is 0.300. The van der Waals surface area contributed by atoms with E-state index in [9.17, 15) is 9.18 Å². The number of amides is 1. The Hall–Kier alpha value is -2.25. The van der Waals surface area contributed by atoms with E-state index in [1.165, 1.54) is 6.07 Å². The molecule has 0 spiro atoms. The van der Waals surface area contributed by atoms with Crippen molar-refractivity contribution in [2.75, 3.05) is 39.9 Å². The maximum Gasteiger partial charge on any atom is 0.257 e. The molecule has 0 aliphatic carbocycles. The van der Waals surface area contributed by atoms with Gasteiger partial charge in [0, 0.05) is 44.5 Å². The molecule has 1 aromatic heterocycles. The van der Waals surface area contributed by atoms with Gasteiger partial charge in [-0.15, -0.1) is 0 Å². The molecule has 3 rings (SSSR count). The molecule has 0 saturated carbocycles. The second kappa shape index (κ2) is 10.7. The molecule has 30 heavy (non-hydrogen) atoms. The minimum atomic E-state index is -0.141. The molecule has 0 bridgehead atoms. The first-order valence-electron chi connectivity index (χ1n) is 10.8. The quantitative estimate of drug-likeness (QED) is 0.627. The average Bonchev–Trinajstić information content (AvgIpc) is 3.24. The molecular formula is C23H33FN4O2. The van der Waals surface area contributed by atoms with Crippen LogP contribution in [0.4, 0.5) is 4.39 Å². The molecule has 2 aromatic rings. The highest BCUT2D eigenvalue weighted by molar-refractivity contribution is 5.93. The highest BCUT2D eigenvalue weighted by Crippen LogP contribution is 2.22. The predicted octanol–water partition coefficient (Wildman–Crippen LogP) is 3.60. The number of likely N-dealkylation sites (tertiary alicyclic amines) is 1. The van der Waals surface area contributed by atoms with Crippen LogP contribution in [0, 0.1) is 11.7 Å². The fraction of sp³-hybridized carbons (Fsp3) is 0.565. The second-order valence-corrected chi connectivity index (χ2v) is 8.36. The van der Waals surface area contributed by atoms with Crippen molar-refractivity contribution in [2.45, 2.75) is 39.3 Å². The number of ether oxygens (including phenoxy) is 1. The topological polar surface area (TPSA) is 50.6 Å². The molecule has 6 nitrogen and oxygen atoms in total. The molecule has 1 aliphatic rings. The monoisotopic (exact) mass is 416 g/mol. The third kappa shape index (κ3) is 5.89. The van der Waals surface area contributed by atoms with E-state index >= 15 is 0 Å². The lowest BCUT2D eigenvalue weighted by Crippen LogP contribution is -2.42. The van der Waals surface area contributed by atoms with Crippen molar-refractivity contribution in [2.24, 2.45) is 5.92 Å². The summed E-state index contributed by atoms with van der Waals surface area (Å²) < 4.78 is 21.0. The summed E-state index contributed by atoms with van der Waals surface area (Å²) in [7, 11) is 1.65. The normalized spacial score (nSPS) is 15.6. The van der Waals surface area contributed by atoms with Crippen molar-refractivity contribution in [3.05, 3.63) is 53.6 Å². The Morgan fingerprint density at radius 3 is 2.67 bits per heavy atom. The molecule has 0 unspecified atom stereocenters. The van der Waals surface area contributed by atoms with Gasteiger partial charge in [0.05, 0.1) is 18.4 Å². The number of hydrogen-bond acceptors (Lipinski definition) is 4. The molecule has 0 atom stereocenters. The Kier molecular flexibility index (Phi) is 7.99. The number of nitrogens with zero attached hydrogens (tertiary/aromatic N) is 4. The third-order valence-corrected chi connectivity index (χ3v) is 5.77. The number of halogens is 1. The van der Waals surface area contributed by atoms with Gasteiger partial charge in [-0.1, -0.05) is 18.2 Å². The molecular weight excluding hydrogens is 383 g/mol. The highest BCUT2D eigenvalue weighted by Gasteiger charge is 2.25. The smallest absolute Gasteiger partial charge is 0.257 e. The van der Waals surface area contributed by atoms with Gasteiger partial charge in [0.25, 0.3) is 5.91 Å². The average molecular weight is 417 g/mol. The number of rotatable bonds is 9. The van der Waals surface area contributed by atoms with Gasteiger partial charge in [-0.25, -0.2) is 4.39 Å². The number of aromatic nitrogens is 2. The van der Waals surface area contributed by atoms with E-state index in [-0.39, 0.29) is 17.8 Å². The minimum absolute atomic E-state index is 0.00716. The number of benzene rings is 1. The van der Waals surface area contributed by atoms with Crippen molar-refractivity contribution in [1.29, 1.82) is 0 Å². The van der Waals surface area contributed by atoms with Gasteiger partial charge in [-0.3, -0.25) is 14.4 Å². The zero-order chi connectivity index (χ0) is 21.5. The maximum atomic E-state index is 13.9. The third-order valence-electron chi connectivity index (χ3n) is 5.77. The van der Waals surface area contributed by atoms with Crippen LogP contribution < -0.4 is 0 Å². The van der Waals surface area contributed by atoms with Crippen LogP contribution in [-0.2, 0) is 11.3 Å². The number of carbonyl (C=O) groups excluding carboxylic acids is 1.